The molecule has 0 atom stereocenters. The molecule has 1 saturated heterocycles. The van der Waals surface area contributed by atoms with Crippen LogP contribution in [0.4, 0.5) is 0 Å². The Balaban J connectivity index is 1.52. The summed E-state index contributed by atoms with van der Waals surface area (Å²) in [5.74, 6) is -0.461. The van der Waals surface area contributed by atoms with E-state index >= 15 is 0 Å². The van der Waals surface area contributed by atoms with Crippen molar-refractivity contribution in [1.82, 2.24) is 15.6 Å². The molecule has 0 aromatic heterocycles. The molecule has 1 heterocycles. The number of benzene rings is 2. The van der Waals surface area contributed by atoms with Crippen LogP contribution in [0, 0.1) is 0 Å². The second kappa shape index (κ2) is 13.4. The van der Waals surface area contributed by atoms with E-state index in [0.29, 0.717) is 53.6 Å². The number of nitrogens with one attached hydrogen (secondary N) is 2. The molecular weight excluding hydrogens is 536 g/mol. The number of hydrogen-bond donors (Lipinski definition) is 2. The van der Waals surface area contributed by atoms with Crippen LogP contribution in [0.3, 0.4) is 0 Å². The fourth-order valence-electron chi connectivity index (χ4n) is 3.21. The molecule has 0 unspecified atom stereocenters. The van der Waals surface area contributed by atoms with Gasteiger partial charge in [0, 0.05) is 19.6 Å². The second-order valence-electron chi connectivity index (χ2n) is 7.55. The monoisotopic (exact) mass is 562 g/mol. The highest BCUT2D eigenvalue weighted by Gasteiger charge is 2.19. The third-order valence-corrected chi connectivity index (χ3v) is 5.74. The third-order valence-electron chi connectivity index (χ3n) is 5.15. The van der Waals surface area contributed by atoms with E-state index in [1.807, 2.05) is 0 Å². The minimum Gasteiger partial charge on any atom is -0.497 e. The van der Waals surface area contributed by atoms with E-state index in [1.54, 1.807) is 48.4 Å². The molecule has 0 spiro atoms. The van der Waals surface area contributed by atoms with E-state index < -0.39 is 11.8 Å². The van der Waals surface area contributed by atoms with Gasteiger partial charge in [-0.2, -0.15) is 5.10 Å². The summed E-state index contributed by atoms with van der Waals surface area (Å²) in [7, 11) is 3.03. The number of rotatable bonds is 9. The van der Waals surface area contributed by atoms with Crippen LogP contribution in [0.25, 0.3) is 0 Å². The Morgan fingerprint density at radius 2 is 1.81 bits per heavy atom. The van der Waals surface area contributed by atoms with Crippen molar-refractivity contribution in [3.63, 3.8) is 0 Å². The Bertz CT molecular complexity index is 1100. The summed E-state index contributed by atoms with van der Waals surface area (Å²) >= 11 is 3.41. The van der Waals surface area contributed by atoms with Crippen LogP contribution in [-0.4, -0.2) is 76.0 Å². The number of hydrogen-bond acceptors (Lipinski definition) is 8. The Labute approximate surface area is 216 Å². The van der Waals surface area contributed by atoms with Gasteiger partial charge in [-0.25, -0.2) is 5.43 Å². The lowest BCUT2D eigenvalue weighted by Gasteiger charge is -2.26. The topological polar surface area (TPSA) is 128 Å². The fourth-order valence-corrected chi connectivity index (χ4v) is 3.79. The van der Waals surface area contributed by atoms with Gasteiger partial charge < -0.3 is 29.2 Å². The van der Waals surface area contributed by atoms with Gasteiger partial charge in [-0.1, -0.05) is 12.1 Å². The molecule has 0 radical (unpaired) electrons. The number of carbonyl (C=O) groups excluding carboxylic acids is 3. The zero-order valence-electron chi connectivity index (χ0n) is 19.9. The molecule has 12 heteroatoms. The standard InChI is InChI=1S/C24H27BrN4O7/c1-33-18-5-3-16(4-6-18)13-26-23(31)24(32)28-27-14-17-11-19(25)22(20(12-17)34-2)36-15-21(30)29-7-9-35-10-8-29/h3-6,11-12,14H,7-10,13,15H2,1-2H3,(H,26,31)(H,28,32)/b27-14-. The van der Waals surface area contributed by atoms with Crippen molar-refractivity contribution >= 4 is 39.9 Å². The number of nitrogens with zero attached hydrogens (tertiary/aromatic N) is 2. The molecule has 192 valence electrons. The number of carbonyl (C=O) groups is 3. The number of morpholine rings is 1. The first-order valence-corrected chi connectivity index (χ1v) is 11.8. The molecular formula is C24H27BrN4O7. The summed E-state index contributed by atoms with van der Waals surface area (Å²) < 4.78 is 21.9. The van der Waals surface area contributed by atoms with E-state index in [4.69, 9.17) is 18.9 Å². The summed E-state index contributed by atoms with van der Waals surface area (Å²) in [5.41, 5.74) is 3.56. The van der Waals surface area contributed by atoms with Gasteiger partial charge in [0.25, 0.3) is 5.91 Å². The Kier molecular flexibility index (Phi) is 10.1. The number of methoxy groups -OCH3 is 2. The first-order valence-electron chi connectivity index (χ1n) is 11.0. The smallest absolute Gasteiger partial charge is 0.329 e. The number of ether oxygens (including phenoxy) is 4. The second-order valence-corrected chi connectivity index (χ2v) is 8.40. The first-order chi connectivity index (χ1) is 17.4. The van der Waals surface area contributed by atoms with Gasteiger partial charge in [0.2, 0.25) is 0 Å². The van der Waals surface area contributed by atoms with Gasteiger partial charge >= 0.3 is 11.8 Å². The molecule has 1 aliphatic heterocycles. The highest BCUT2D eigenvalue weighted by Crippen LogP contribution is 2.36. The van der Waals surface area contributed by atoms with Crippen molar-refractivity contribution in [1.29, 1.82) is 0 Å². The molecule has 36 heavy (non-hydrogen) atoms. The SMILES string of the molecule is COc1ccc(CNC(=O)C(=O)N/N=C\c2cc(Br)c(OCC(=O)N3CCOCC3)c(OC)c2)cc1. The van der Waals surface area contributed by atoms with E-state index in [2.05, 4.69) is 31.8 Å². The highest BCUT2D eigenvalue weighted by atomic mass is 79.9. The first kappa shape index (κ1) is 27.0. The fraction of sp³-hybridized carbons (Fsp3) is 0.333. The zero-order valence-corrected chi connectivity index (χ0v) is 21.5. The van der Waals surface area contributed by atoms with E-state index in [0.717, 1.165) is 5.56 Å². The molecule has 0 saturated carbocycles. The van der Waals surface area contributed by atoms with Gasteiger partial charge in [0.15, 0.2) is 18.1 Å². The van der Waals surface area contributed by atoms with E-state index in [-0.39, 0.29) is 19.1 Å². The summed E-state index contributed by atoms with van der Waals surface area (Å²) in [6.45, 7) is 2.10. The predicted molar refractivity (Wildman–Crippen MR) is 134 cm³/mol. The van der Waals surface area contributed by atoms with Crippen LogP contribution in [0.1, 0.15) is 11.1 Å². The normalized spacial score (nSPS) is 13.2. The van der Waals surface area contributed by atoms with Gasteiger partial charge in [0.05, 0.1) is 38.1 Å². The molecule has 0 bridgehead atoms. The van der Waals surface area contributed by atoms with Crippen molar-refractivity contribution in [2.45, 2.75) is 6.54 Å². The van der Waals surface area contributed by atoms with Crippen LogP contribution in [0.2, 0.25) is 0 Å². The molecule has 1 aliphatic rings. The van der Waals surface area contributed by atoms with Gasteiger partial charge in [-0.3, -0.25) is 14.4 Å². The van der Waals surface area contributed by atoms with Crippen molar-refractivity contribution in [3.8, 4) is 17.2 Å². The minimum absolute atomic E-state index is 0.147. The number of amides is 3. The van der Waals surface area contributed by atoms with Crippen molar-refractivity contribution < 1.29 is 33.3 Å². The average molecular weight is 563 g/mol. The van der Waals surface area contributed by atoms with Crippen LogP contribution in [-0.2, 0) is 25.7 Å². The van der Waals surface area contributed by atoms with Gasteiger partial charge in [0.1, 0.15) is 5.75 Å². The summed E-state index contributed by atoms with van der Waals surface area (Å²) in [6.07, 6.45) is 1.35. The van der Waals surface area contributed by atoms with Crippen molar-refractivity contribution in [2.75, 3.05) is 47.1 Å². The largest absolute Gasteiger partial charge is 0.497 e. The Hall–Kier alpha value is -3.64. The third kappa shape index (κ3) is 7.68. The maximum Gasteiger partial charge on any atom is 0.329 e. The summed E-state index contributed by atoms with van der Waals surface area (Å²) in [4.78, 5) is 38.1. The van der Waals surface area contributed by atoms with E-state index in [1.165, 1.54) is 13.3 Å². The molecule has 3 amide bonds. The molecule has 2 N–H and O–H groups in total. The Morgan fingerprint density at radius 1 is 1.08 bits per heavy atom. The van der Waals surface area contributed by atoms with Crippen LogP contribution in [0.5, 0.6) is 17.2 Å². The number of halogens is 1. The zero-order chi connectivity index (χ0) is 25.9. The van der Waals surface area contributed by atoms with Crippen LogP contribution >= 0.6 is 15.9 Å². The molecule has 2 aromatic carbocycles. The Morgan fingerprint density at radius 3 is 2.47 bits per heavy atom. The highest BCUT2D eigenvalue weighted by molar-refractivity contribution is 9.10. The van der Waals surface area contributed by atoms with E-state index in [9.17, 15) is 14.4 Å². The molecule has 1 fully saturated rings. The quantitative estimate of drug-likeness (QED) is 0.269. The van der Waals surface area contributed by atoms with Crippen molar-refractivity contribution in [2.24, 2.45) is 5.10 Å². The van der Waals surface area contributed by atoms with Gasteiger partial charge in [-0.15, -0.1) is 0 Å². The molecule has 3 rings (SSSR count). The van der Waals surface area contributed by atoms with Crippen molar-refractivity contribution in [3.05, 3.63) is 52.0 Å². The number of hydrazone groups is 1. The molecule has 2 aromatic rings. The lowest BCUT2D eigenvalue weighted by Crippen LogP contribution is -2.43. The van der Waals surface area contributed by atoms with Crippen LogP contribution < -0.4 is 25.0 Å². The van der Waals surface area contributed by atoms with Gasteiger partial charge in [-0.05, 0) is 51.3 Å². The maximum absolute atomic E-state index is 12.4. The average Bonchev–Trinajstić information content (AvgIpc) is 2.91. The minimum atomic E-state index is -0.910. The molecule has 11 nitrogen and oxygen atoms in total. The lowest BCUT2D eigenvalue weighted by atomic mass is 10.2. The van der Waals surface area contributed by atoms with Crippen LogP contribution in [0.15, 0.2) is 46.0 Å². The molecule has 0 aliphatic carbocycles. The lowest BCUT2D eigenvalue weighted by molar-refractivity contribution is -0.139. The predicted octanol–water partition coefficient (Wildman–Crippen LogP) is 1.47. The summed E-state index contributed by atoms with van der Waals surface area (Å²) in [5, 5.41) is 6.35. The maximum atomic E-state index is 12.4. The summed E-state index contributed by atoms with van der Waals surface area (Å²) in [6, 6.07) is 10.4.